The van der Waals surface area contributed by atoms with Crippen LogP contribution in [0.2, 0.25) is 0 Å². The summed E-state index contributed by atoms with van der Waals surface area (Å²) in [4.78, 5) is 12.9. The largest absolute Gasteiger partial charge is 0.274 e. The Morgan fingerprint density at radius 2 is 2.07 bits per heavy atom. The number of aromatic nitrogens is 4. The monoisotopic (exact) mass is 203 g/mol. The maximum Gasteiger partial charge on any atom is 0.254 e. The lowest BCUT2D eigenvalue weighted by molar-refractivity contribution is -0.115. The van der Waals surface area contributed by atoms with Crippen molar-refractivity contribution in [2.45, 2.75) is 6.92 Å². The highest BCUT2D eigenvalue weighted by Crippen LogP contribution is 2.20. The van der Waals surface area contributed by atoms with Crippen LogP contribution in [0, 0.1) is 0 Å². The molecular weight excluding hydrogens is 194 g/mol. The molecule has 1 amide bonds. The van der Waals surface area contributed by atoms with Crippen molar-refractivity contribution < 1.29 is 4.79 Å². The molecule has 2 rings (SSSR count). The summed E-state index contributed by atoms with van der Waals surface area (Å²) in [6.45, 7) is 1.45. The Bertz CT molecular complexity index is 439. The van der Waals surface area contributed by atoms with Crippen LogP contribution in [-0.2, 0) is 4.79 Å². The quantitative estimate of drug-likeness (QED) is 0.786. The number of hydrogen-bond acceptors (Lipinski definition) is 4. The number of carbonyl (C=O) groups excluding carboxylic acids is 1. The SMILES string of the molecule is CC(=O)N(c1ccccc1)c1nnn[nH]1. The van der Waals surface area contributed by atoms with Gasteiger partial charge in [0.25, 0.3) is 5.95 Å². The summed E-state index contributed by atoms with van der Waals surface area (Å²) < 4.78 is 0. The molecule has 6 nitrogen and oxygen atoms in total. The van der Waals surface area contributed by atoms with Crippen LogP contribution in [0.15, 0.2) is 30.3 Å². The molecule has 0 fully saturated rings. The highest BCUT2D eigenvalue weighted by atomic mass is 16.2. The second-order valence-corrected chi connectivity index (χ2v) is 2.91. The van der Waals surface area contributed by atoms with Gasteiger partial charge in [0.2, 0.25) is 5.91 Å². The van der Waals surface area contributed by atoms with Gasteiger partial charge in [0.1, 0.15) is 0 Å². The summed E-state index contributed by atoms with van der Waals surface area (Å²) in [5.41, 5.74) is 0.726. The van der Waals surface area contributed by atoms with Gasteiger partial charge in [0.15, 0.2) is 0 Å². The van der Waals surface area contributed by atoms with Crippen molar-refractivity contribution in [3.63, 3.8) is 0 Å². The molecule has 0 spiro atoms. The van der Waals surface area contributed by atoms with E-state index in [1.807, 2.05) is 30.3 Å². The van der Waals surface area contributed by atoms with Crippen LogP contribution >= 0.6 is 0 Å². The Morgan fingerprint density at radius 1 is 1.33 bits per heavy atom. The lowest BCUT2D eigenvalue weighted by Gasteiger charge is -2.16. The topological polar surface area (TPSA) is 74.8 Å². The Kier molecular flexibility index (Phi) is 2.40. The first-order chi connectivity index (χ1) is 7.29. The van der Waals surface area contributed by atoms with Crippen molar-refractivity contribution in [3.05, 3.63) is 30.3 Å². The van der Waals surface area contributed by atoms with E-state index in [2.05, 4.69) is 20.6 Å². The number of hydrogen-bond donors (Lipinski definition) is 1. The number of amides is 1. The summed E-state index contributed by atoms with van der Waals surface area (Å²) in [5.74, 6) is 0.161. The van der Waals surface area contributed by atoms with Gasteiger partial charge in [-0.25, -0.2) is 10.00 Å². The fraction of sp³-hybridized carbons (Fsp3) is 0.111. The van der Waals surface area contributed by atoms with Crippen molar-refractivity contribution in [1.82, 2.24) is 20.6 Å². The van der Waals surface area contributed by atoms with E-state index in [-0.39, 0.29) is 5.91 Å². The highest BCUT2D eigenvalue weighted by molar-refractivity contribution is 5.96. The third-order valence-electron chi connectivity index (χ3n) is 1.88. The van der Waals surface area contributed by atoms with Gasteiger partial charge in [0.05, 0.1) is 5.69 Å². The lowest BCUT2D eigenvalue weighted by atomic mass is 10.3. The zero-order valence-electron chi connectivity index (χ0n) is 8.08. The van der Waals surface area contributed by atoms with E-state index < -0.39 is 0 Å². The zero-order valence-corrected chi connectivity index (χ0v) is 8.08. The van der Waals surface area contributed by atoms with Gasteiger partial charge in [-0.3, -0.25) is 4.79 Å². The predicted octanol–water partition coefficient (Wildman–Crippen LogP) is 0.884. The number of H-pyrrole nitrogens is 1. The molecule has 0 aliphatic carbocycles. The van der Waals surface area contributed by atoms with Crippen molar-refractivity contribution in [2.75, 3.05) is 4.90 Å². The molecule has 6 heteroatoms. The maximum absolute atomic E-state index is 11.5. The fourth-order valence-electron chi connectivity index (χ4n) is 1.28. The van der Waals surface area contributed by atoms with Gasteiger partial charge in [0, 0.05) is 6.92 Å². The fourth-order valence-corrected chi connectivity index (χ4v) is 1.28. The smallest absolute Gasteiger partial charge is 0.254 e. The molecule has 0 atom stereocenters. The number of rotatable bonds is 2. The van der Waals surface area contributed by atoms with E-state index in [1.54, 1.807) is 0 Å². The molecule has 0 radical (unpaired) electrons. The summed E-state index contributed by atoms with van der Waals surface area (Å²) in [7, 11) is 0. The molecule has 0 unspecified atom stereocenters. The molecule has 0 aliphatic heterocycles. The number of anilines is 2. The molecule has 1 aromatic carbocycles. The number of nitrogens with zero attached hydrogens (tertiary/aromatic N) is 4. The first-order valence-corrected chi connectivity index (χ1v) is 4.38. The maximum atomic E-state index is 11.5. The summed E-state index contributed by atoms with van der Waals surface area (Å²) in [6, 6.07) is 9.18. The highest BCUT2D eigenvalue weighted by Gasteiger charge is 2.16. The Morgan fingerprint density at radius 3 is 2.60 bits per heavy atom. The van der Waals surface area contributed by atoms with Gasteiger partial charge < -0.3 is 0 Å². The number of tetrazole rings is 1. The van der Waals surface area contributed by atoms with Crippen LogP contribution in [0.4, 0.5) is 11.6 Å². The zero-order chi connectivity index (χ0) is 10.7. The van der Waals surface area contributed by atoms with Crippen molar-refractivity contribution in [1.29, 1.82) is 0 Å². The second kappa shape index (κ2) is 3.87. The van der Waals surface area contributed by atoms with Crippen LogP contribution in [0.1, 0.15) is 6.92 Å². The van der Waals surface area contributed by atoms with Crippen LogP contribution in [0.5, 0.6) is 0 Å². The normalized spacial score (nSPS) is 9.93. The molecule has 1 N–H and O–H groups in total. The molecule has 0 aliphatic rings. The van der Waals surface area contributed by atoms with Gasteiger partial charge in [-0.1, -0.05) is 23.3 Å². The van der Waals surface area contributed by atoms with E-state index in [0.717, 1.165) is 5.69 Å². The predicted molar refractivity (Wildman–Crippen MR) is 53.4 cm³/mol. The van der Waals surface area contributed by atoms with E-state index in [4.69, 9.17) is 0 Å². The number of aromatic amines is 1. The standard InChI is InChI=1S/C9H9N5O/c1-7(15)14(9-10-12-13-11-9)8-5-3-2-4-6-8/h2-6H,1H3,(H,10,11,12,13). The van der Waals surface area contributed by atoms with Crippen LogP contribution in [-0.4, -0.2) is 26.5 Å². The number of nitrogens with one attached hydrogen (secondary N) is 1. The van der Waals surface area contributed by atoms with E-state index in [0.29, 0.717) is 5.95 Å². The van der Waals surface area contributed by atoms with Crippen LogP contribution < -0.4 is 4.90 Å². The van der Waals surface area contributed by atoms with E-state index in [1.165, 1.54) is 11.8 Å². The summed E-state index contributed by atoms with van der Waals surface area (Å²) >= 11 is 0. The molecule has 1 aromatic heterocycles. The van der Waals surface area contributed by atoms with Gasteiger partial charge in [-0.15, -0.1) is 0 Å². The van der Waals surface area contributed by atoms with Crippen LogP contribution in [0.25, 0.3) is 0 Å². The lowest BCUT2D eigenvalue weighted by Crippen LogP contribution is -2.23. The van der Waals surface area contributed by atoms with E-state index >= 15 is 0 Å². The molecule has 76 valence electrons. The minimum absolute atomic E-state index is 0.153. The second-order valence-electron chi connectivity index (χ2n) is 2.91. The molecule has 0 saturated heterocycles. The molecule has 0 saturated carbocycles. The number of carbonyl (C=O) groups is 1. The average molecular weight is 203 g/mol. The Balaban J connectivity index is 2.42. The minimum Gasteiger partial charge on any atom is -0.274 e. The van der Waals surface area contributed by atoms with Gasteiger partial charge >= 0.3 is 0 Å². The summed E-state index contributed by atoms with van der Waals surface area (Å²) in [5, 5.41) is 13.1. The molecule has 0 bridgehead atoms. The third-order valence-corrected chi connectivity index (χ3v) is 1.88. The van der Waals surface area contributed by atoms with Crippen molar-refractivity contribution >= 4 is 17.5 Å². The average Bonchev–Trinajstić information content (AvgIpc) is 2.72. The minimum atomic E-state index is -0.153. The first-order valence-electron chi connectivity index (χ1n) is 4.38. The summed E-state index contributed by atoms with van der Waals surface area (Å²) in [6.07, 6.45) is 0. The van der Waals surface area contributed by atoms with Crippen molar-refractivity contribution in [2.24, 2.45) is 0 Å². The Hall–Kier alpha value is -2.24. The Labute approximate surface area is 85.9 Å². The first kappa shape index (κ1) is 9.32. The molecule has 2 aromatic rings. The number of para-hydroxylation sites is 1. The number of benzene rings is 1. The molecule has 15 heavy (non-hydrogen) atoms. The van der Waals surface area contributed by atoms with Crippen molar-refractivity contribution in [3.8, 4) is 0 Å². The van der Waals surface area contributed by atoms with Crippen LogP contribution in [0.3, 0.4) is 0 Å². The molecular formula is C9H9N5O. The van der Waals surface area contributed by atoms with Gasteiger partial charge in [-0.2, -0.15) is 0 Å². The van der Waals surface area contributed by atoms with E-state index in [9.17, 15) is 4.79 Å². The van der Waals surface area contributed by atoms with Gasteiger partial charge in [-0.05, 0) is 22.6 Å². The third kappa shape index (κ3) is 1.83. The molecule has 1 heterocycles.